The summed E-state index contributed by atoms with van der Waals surface area (Å²) in [5.41, 5.74) is 1.23. The minimum Gasteiger partial charge on any atom is -0.460 e. The number of nitrogens with zero attached hydrogens (tertiary/aromatic N) is 1. The number of fused-ring (bicyclic) bond motifs is 3. The first-order chi connectivity index (χ1) is 12.6. The van der Waals surface area contributed by atoms with Crippen LogP contribution in [0, 0.1) is 6.92 Å². The number of furan rings is 1. The van der Waals surface area contributed by atoms with E-state index in [-0.39, 0.29) is 5.91 Å². The molecule has 26 heavy (non-hydrogen) atoms. The lowest BCUT2D eigenvalue weighted by Crippen LogP contribution is -2.35. The highest BCUT2D eigenvalue weighted by Crippen LogP contribution is 2.38. The van der Waals surface area contributed by atoms with E-state index in [2.05, 4.69) is 0 Å². The highest BCUT2D eigenvalue weighted by Gasteiger charge is 2.26. The second-order valence-electron chi connectivity index (χ2n) is 6.78. The van der Waals surface area contributed by atoms with Crippen LogP contribution in [0.15, 0.2) is 34.7 Å². The van der Waals surface area contributed by atoms with Crippen molar-refractivity contribution in [3.05, 3.63) is 41.7 Å². The van der Waals surface area contributed by atoms with Gasteiger partial charge in [0.15, 0.2) is 0 Å². The Morgan fingerprint density at radius 2 is 1.73 bits per heavy atom. The van der Waals surface area contributed by atoms with Gasteiger partial charge in [-0.15, -0.1) is 0 Å². The van der Waals surface area contributed by atoms with Crippen molar-refractivity contribution in [3.8, 4) is 5.75 Å². The van der Waals surface area contributed by atoms with Crippen molar-refractivity contribution in [1.82, 2.24) is 4.90 Å². The van der Waals surface area contributed by atoms with Gasteiger partial charge in [0.2, 0.25) is 0 Å². The Labute approximate surface area is 151 Å². The summed E-state index contributed by atoms with van der Waals surface area (Å²) >= 11 is 0. The van der Waals surface area contributed by atoms with E-state index in [4.69, 9.17) is 9.15 Å². The molecule has 0 bridgehead atoms. The minimum atomic E-state index is -0.390. The Morgan fingerprint density at radius 3 is 2.42 bits per heavy atom. The molecule has 0 radical (unpaired) electrons. The van der Waals surface area contributed by atoms with Gasteiger partial charge in [0.25, 0.3) is 5.91 Å². The molecule has 1 fully saturated rings. The van der Waals surface area contributed by atoms with Gasteiger partial charge in [-0.1, -0.05) is 24.3 Å². The molecule has 134 valence electrons. The summed E-state index contributed by atoms with van der Waals surface area (Å²) in [4.78, 5) is 26.6. The molecule has 1 aliphatic heterocycles. The van der Waals surface area contributed by atoms with E-state index in [1.165, 1.54) is 6.92 Å². The van der Waals surface area contributed by atoms with Gasteiger partial charge < -0.3 is 14.1 Å². The average molecular weight is 351 g/mol. The summed E-state index contributed by atoms with van der Waals surface area (Å²) in [6.07, 6.45) is 3.22. The van der Waals surface area contributed by atoms with Crippen molar-refractivity contribution in [2.45, 2.75) is 33.1 Å². The molecule has 0 aliphatic carbocycles. The lowest BCUT2D eigenvalue weighted by molar-refractivity contribution is -0.131. The van der Waals surface area contributed by atoms with Crippen molar-refractivity contribution in [2.24, 2.45) is 0 Å². The van der Waals surface area contributed by atoms with Gasteiger partial charge in [0, 0.05) is 36.2 Å². The van der Waals surface area contributed by atoms with E-state index < -0.39 is 5.97 Å². The van der Waals surface area contributed by atoms with E-state index in [0.29, 0.717) is 28.0 Å². The van der Waals surface area contributed by atoms with Gasteiger partial charge in [0.1, 0.15) is 17.1 Å². The number of aryl methyl sites for hydroxylation is 1. The van der Waals surface area contributed by atoms with E-state index in [9.17, 15) is 9.59 Å². The molecule has 0 spiro atoms. The number of benzene rings is 2. The van der Waals surface area contributed by atoms with Crippen molar-refractivity contribution in [1.29, 1.82) is 0 Å². The molecule has 0 saturated carbocycles. The second kappa shape index (κ2) is 6.48. The van der Waals surface area contributed by atoms with Crippen LogP contribution in [0.5, 0.6) is 5.75 Å². The van der Waals surface area contributed by atoms with E-state index >= 15 is 0 Å². The van der Waals surface area contributed by atoms with Crippen molar-refractivity contribution in [2.75, 3.05) is 13.1 Å². The number of rotatable bonds is 2. The smallest absolute Gasteiger partial charge is 0.308 e. The van der Waals surface area contributed by atoms with Crippen molar-refractivity contribution in [3.63, 3.8) is 0 Å². The highest BCUT2D eigenvalue weighted by molar-refractivity contribution is 6.16. The molecule has 2 aromatic carbocycles. The molecule has 0 atom stereocenters. The van der Waals surface area contributed by atoms with Crippen LogP contribution in [-0.2, 0) is 4.79 Å². The number of hydrogen-bond donors (Lipinski definition) is 0. The number of piperidine rings is 1. The van der Waals surface area contributed by atoms with E-state index in [0.717, 1.165) is 43.1 Å². The minimum absolute atomic E-state index is 0.00925. The molecular formula is C21H21NO4. The summed E-state index contributed by atoms with van der Waals surface area (Å²) in [5, 5.41) is 2.33. The first kappa shape index (κ1) is 16.6. The summed E-state index contributed by atoms with van der Waals surface area (Å²) in [6.45, 7) is 4.74. The molecule has 2 heterocycles. The maximum Gasteiger partial charge on any atom is 0.308 e. The number of hydrogen-bond acceptors (Lipinski definition) is 4. The zero-order valence-electron chi connectivity index (χ0n) is 15.0. The van der Waals surface area contributed by atoms with Gasteiger partial charge in [-0.25, -0.2) is 0 Å². The topological polar surface area (TPSA) is 59.8 Å². The van der Waals surface area contributed by atoms with Gasteiger partial charge in [-0.05, 0) is 32.3 Å². The monoisotopic (exact) mass is 351 g/mol. The maximum atomic E-state index is 13.1. The molecule has 1 aliphatic rings. The second-order valence-corrected chi connectivity index (χ2v) is 6.78. The quantitative estimate of drug-likeness (QED) is 0.506. The van der Waals surface area contributed by atoms with Crippen LogP contribution in [0.3, 0.4) is 0 Å². The standard InChI is InChI=1S/C21H21NO4/c1-13-19(21(24)22-10-6-3-7-11-22)17-12-18(26-14(2)23)15-8-4-5-9-16(15)20(17)25-13/h4-5,8-9,12H,3,6-7,10-11H2,1-2H3. The first-order valence-electron chi connectivity index (χ1n) is 8.99. The predicted octanol–water partition coefficient (Wildman–Crippen LogP) is 4.45. The molecule has 0 N–H and O–H groups in total. The largest absolute Gasteiger partial charge is 0.460 e. The lowest BCUT2D eigenvalue weighted by Gasteiger charge is -2.26. The van der Waals surface area contributed by atoms with Crippen LogP contribution in [-0.4, -0.2) is 29.9 Å². The fraction of sp³-hybridized carbons (Fsp3) is 0.333. The van der Waals surface area contributed by atoms with Crippen molar-refractivity contribution < 1.29 is 18.7 Å². The zero-order valence-corrected chi connectivity index (χ0v) is 15.0. The SMILES string of the molecule is CC(=O)Oc1cc2c(C(=O)N3CCCCC3)c(C)oc2c2ccccc12. The third-order valence-corrected chi connectivity index (χ3v) is 4.94. The summed E-state index contributed by atoms with van der Waals surface area (Å²) < 4.78 is 11.4. The zero-order chi connectivity index (χ0) is 18.3. The number of likely N-dealkylation sites (tertiary alicyclic amines) is 1. The number of amides is 1. The van der Waals surface area contributed by atoms with Gasteiger partial charge in [-0.2, -0.15) is 0 Å². The lowest BCUT2D eigenvalue weighted by atomic mass is 10.0. The number of ether oxygens (including phenoxy) is 1. The van der Waals surface area contributed by atoms with Crippen LogP contribution in [0.25, 0.3) is 21.7 Å². The molecule has 4 rings (SSSR count). The van der Waals surface area contributed by atoms with Gasteiger partial charge >= 0.3 is 5.97 Å². The fourth-order valence-electron chi connectivity index (χ4n) is 3.77. The Morgan fingerprint density at radius 1 is 1.04 bits per heavy atom. The van der Waals surface area contributed by atoms with E-state index in [1.807, 2.05) is 36.1 Å². The van der Waals surface area contributed by atoms with Crippen LogP contribution >= 0.6 is 0 Å². The summed E-state index contributed by atoms with van der Waals surface area (Å²) in [7, 11) is 0. The Hall–Kier alpha value is -2.82. The number of carbonyl (C=O) groups excluding carboxylic acids is 2. The molecule has 1 aromatic heterocycles. The van der Waals surface area contributed by atoms with Gasteiger partial charge in [-0.3, -0.25) is 9.59 Å². The molecule has 1 saturated heterocycles. The molecular weight excluding hydrogens is 330 g/mol. The highest BCUT2D eigenvalue weighted by atomic mass is 16.5. The van der Waals surface area contributed by atoms with Crippen LogP contribution < -0.4 is 4.74 Å². The Kier molecular flexibility index (Phi) is 4.15. The summed E-state index contributed by atoms with van der Waals surface area (Å²) in [6, 6.07) is 9.35. The molecule has 3 aromatic rings. The van der Waals surface area contributed by atoms with Crippen LogP contribution in [0.1, 0.15) is 42.3 Å². The van der Waals surface area contributed by atoms with Crippen molar-refractivity contribution >= 4 is 33.6 Å². The molecule has 5 heteroatoms. The normalized spacial score (nSPS) is 14.8. The Bertz CT molecular complexity index is 1010. The number of carbonyl (C=O) groups is 2. The van der Waals surface area contributed by atoms with E-state index in [1.54, 1.807) is 6.07 Å². The average Bonchev–Trinajstić information content (AvgIpc) is 2.97. The van der Waals surface area contributed by atoms with Gasteiger partial charge in [0.05, 0.1) is 5.56 Å². The molecule has 1 amide bonds. The van der Waals surface area contributed by atoms with Crippen LogP contribution in [0.4, 0.5) is 0 Å². The van der Waals surface area contributed by atoms with Crippen LogP contribution in [0.2, 0.25) is 0 Å². The first-order valence-corrected chi connectivity index (χ1v) is 8.99. The third kappa shape index (κ3) is 2.73. The molecule has 5 nitrogen and oxygen atoms in total. The maximum absolute atomic E-state index is 13.1. The molecule has 0 unspecified atom stereocenters. The third-order valence-electron chi connectivity index (χ3n) is 4.94. The predicted molar refractivity (Wildman–Crippen MR) is 99.5 cm³/mol. The Balaban J connectivity index is 1.94. The summed E-state index contributed by atoms with van der Waals surface area (Å²) in [5.74, 6) is 0.651. The number of esters is 1. The fourth-order valence-corrected chi connectivity index (χ4v) is 3.77.